The number of rotatable bonds is 5. The Morgan fingerprint density at radius 1 is 1.30 bits per heavy atom. The average molecular weight is 322 g/mol. The summed E-state index contributed by atoms with van der Waals surface area (Å²) in [6.07, 6.45) is 1.59. The highest BCUT2D eigenvalue weighted by Gasteiger charge is 2.14. The number of nitrogens with one attached hydrogen (secondary N) is 1. The third-order valence-corrected chi connectivity index (χ3v) is 3.19. The van der Waals surface area contributed by atoms with Gasteiger partial charge in [-0.05, 0) is 30.7 Å². The highest BCUT2D eigenvalue weighted by molar-refractivity contribution is 6.37. The Hall–Kier alpha value is -1.46. The standard InChI is InChI=1S/C13H11Cl2F2NO2/c1-7-2-3-19-11(7)6-18-8-4-9(14)12(10(15)5-8)20-13(16)17/h2-5,13,18H,6H2,1H3. The van der Waals surface area contributed by atoms with Crippen LogP contribution in [0.4, 0.5) is 14.5 Å². The topological polar surface area (TPSA) is 34.4 Å². The molecule has 0 fully saturated rings. The van der Waals surface area contributed by atoms with Crippen LogP contribution in [0.2, 0.25) is 10.0 Å². The van der Waals surface area contributed by atoms with Crippen LogP contribution in [-0.4, -0.2) is 6.61 Å². The van der Waals surface area contributed by atoms with Crippen molar-refractivity contribution in [1.29, 1.82) is 0 Å². The van der Waals surface area contributed by atoms with Crippen molar-refractivity contribution in [3.8, 4) is 5.75 Å². The van der Waals surface area contributed by atoms with E-state index in [1.165, 1.54) is 12.1 Å². The summed E-state index contributed by atoms with van der Waals surface area (Å²) in [4.78, 5) is 0. The van der Waals surface area contributed by atoms with Crippen LogP contribution >= 0.6 is 23.2 Å². The van der Waals surface area contributed by atoms with Gasteiger partial charge in [0, 0.05) is 5.69 Å². The van der Waals surface area contributed by atoms with E-state index in [-0.39, 0.29) is 15.8 Å². The van der Waals surface area contributed by atoms with Gasteiger partial charge in [-0.1, -0.05) is 23.2 Å². The Kier molecular flexibility index (Phi) is 4.73. The van der Waals surface area contributed by atoms with Crippen LogP contribution in [0.3, 0.4) is 0 Å². The molecule has 0 aliphatic rings. The molecule has 1 heterocycles. The summed E-state index contributed by atoms with van der Waals surface area (Å²) in [5.41, 5.74) is 1.59. The van der Waals surface area contributed by atoms with Crippen LogP contribution in [-0.2, 0) is 6.54 Å². The fourth-order valence-corrected chi connectivity index (χ4v) is 2.21. The molecule has 2 rings (SSSR count). The predicted octanol–water partition coefficient (Wildman–Crippen LogP) is 5.11. The summed E-state index contributed by atoms with van der Waals surface area (Å²) in [5, 5.41) is 3.07. The normalized spacial score (nSPS) is 10.9. The fourth-order valence-electron chi connectivity index (χ4n) is 1.63. The summed E-state index contributed by atoms with van der Waals surface area (Å²) >= 11 is 11.7. The Morgan fingerprint density at radius 3 is 2.45 bits per heavy atom. The minimum atomic E-state index is -2.98. The number of aryl methyl sites for hydroxylation is 1. The number of furan rings is 1. The molecular weight excluding hydrogens is 311 g/mol. The SMILES string of the molecule is Cc1ccoc1CNc1cc(Cl)c(OC(F)F)c(Cl)c1. The van der Waals surface area contributed by atoms with E-state index in [9.17, 15) is 8.78 Å². The van der Waals surface area contributed by atoms with Gasteiger partial charge in [-0.3, -0.25) is 0 Å². The number of alkyl halides is 2. The molecule has 1 aromatic heterocycles. The molecule has 0 bridgehead atoms. The lowest BCUT2D eigenvalue weighted by Gasteiger charge is -2.12. The highest BCUT2D eigenvalue weighted by Crippen LogP contribution is 2.37. The lowest BCUT2D eigenvalue weighted by Crippen LogP contribution is -2.04. The van der Waals surface area contributed by atoms with E-state index in [2.05, 4.69) is 10.1 Å². The first-order chi connectivity index (χ1) is 9.47. The molecule has 0 saturated carbocycles. The van der Waals surface area contributed by atoms with Crippen molar-refractivity contribution in [2.45, 2.75) is 20.1 Å². The smallest absolute Gasteiger partial charge is 0.387 e. The molecule has 0 atom stereocenters. The van der Waals surface area contributed by atoms with Crippen molar-refractivity contribution in [1.82, 2.24) is 0 Å². The van der Waals surface area contributed by atoms with Crippen molar-refractivity contribution < 1.29 is 17.9 Å². The zero-order valence-corrected chi connectivity index (χ0v) is 11.9. The van der Waals surface area contributed by atoms with Crippen LogP contribution in [0.25, 0.3) is 0 Å². The zero-order chi connectivity index (χ0) is 14.7. The van der Waals surface area contributed by atoms with E-state index < -0.39 is 6.61 Å². The first-order valence-electron chi connectivity index (χ1n) is 5.68. The summed E-state index contributed by atoms with van der Waals surface area (Å²) in [7, 11) is 0. The van der Waals surface area contributed by atoms with Gasteiger partial charge in [-0.25, -0.2) is 0 Å². The van der Waals surface area contributed by atoms with Crippen molar-refractivity contribution in [3.63, 3.8) is 0 Å². The van der Waals surface area contributed by atoms with E-state index in [4.69, 9.17) is 27.6 Å². The quantitative estimate of drug-likeness (QED) is 0.831. The maximum atomic E-state index is 12.2. The van der Waals surface area contributed by atoms with Gasteiger partial charge < -0.3 is 14.5 Å². The fraction of sp³-hybridized carbons (Fsp3) is 0.231. The molecule has 1 N–H and O–H groups in total. The van der Waals surface area contributed by atoms with E-state index in [1.54, 1.807) is 6.26 Å². The van der Waals surface area contributed by atoms with Crippen molar-refractivity contribution in [3.05, 3.63) is 45.8 Å². The zero-order valence-electron chi connectivity index (χ0n) is 10.4. The third kappa shape index (κ3) is 3.55. The molecule has 0 saturated heterocycles. The van der Waals surface area contributed by atoms with Crippen LogP contribution in [0.5, 0.6) is 5.75 Å². The minimum Gasteiger partial charge on any atom is -0.467 e. The Bertz CT molecular complexity index is 579. The van der Waals surface area contributed by atoms with Gasteiger partial charge in [0.15, 0.2) is 5.75 Å². The molecule has 0 radical (unpaired) electrons. The molecule has 3 nitrogen and oxygen atoms in total. The second-order valence-electron chi connectivity index (χ2n) is 4.03. The van der Waals surface area contributed by atoms with E-state index in [0.29, 0.717) is 12.2 Å². The molecule has 2 aromatic rings. The molecule has 20 heavy (non-hydrogen) atoms. The molecule has 108 valence electrons. The number of halogens is 4. The van der Waals surface area contributed by atoms with Crippen LogP contribution < -0.4 is 10.1 Å². The molecule has 0 aliphatic carbocycles. The molecule has 1 aromatic carbocycles. The summed E-state index contributed by atoms with van der Waals surface area (Å²) < 4.78 is 33.9. The first kappa shape index (κ1) is 14.9. The van der Waals surface area contributed by atoms with Gasteiger partial charge in [-0.2, -0.15) is 8.78 Å². The van der Waals surface area contributed by atoms with Crippen LogP contribution in [0, 0.1) is 6.92 Å². The predicted molar refractivity (Wildman–Crippen MR) is 73.9 cm³/mol. The van der Waals surface area contributed by atoms with Gasteiger partial charge >= 0.3 is 6.61 Å². The number of anilines is 1. The first-order valence-corrected chi connectivity index (χ1v) is 6.43. The number of ether oxygens (including phenoxy) is 1. The maximum absolute atomic E-state index is 12.2. The van der Waals surface area contributed by atoms with E-state index in [1.807, 2.05) is 13.0 Å². The minimum absolute atomic E-state index is 0.0106. The van der Waals surface area contributed by atoms with Crippen molar-refractivity contribution in [2.75, 3.05) is 5.32 Å². The molecule has 0 amide bonds. The highest BCUT2D eigenvalue weighted by atomic mass is 35.5. The van der Waals surface area contributed by atoms with Crippen molar-refractivity contribution in [2.24, 2.45) is 0 Å². The Balaban J connectivity index is 2.12. The molecule has 7 heteroatoms. The lowest BCUT2D eigenvalue weighted by molar-refractivity contribution is -0.0497. The monoisotopic (exact) mass is 321 g/mol. The van der Waals surface area contributed by atoms with E-state index in [0.717, 1.165) is 11.3 Å². The molecule has 0 spiro atoms. The van der Waals surface area contributed by atoms with Gasteiger partial charge in [-0.15, -0.1) is 0 Å². The van der Waals surface area contributed by atoms with Gasteiger partial charge in [0.2, 0.25) is 0 Å². The van der Waals surface area contributed by atoms with Crippen molar-refractivity contribution >= 4 is 28.9 Å². The van der Waals surface area contributed by atoms with Gasteiger partial charge in [0.1, 0.15) is 5.76 Å². The molecular formula is C13H11Cl2F2NO2. The lowest BCUT2D eigenvalue weighted by atomic mass is 10.2. The van der Waals surface area contributed by atoms with Gasteiger partial charge in [0.25, 0.3) is 0 Å². The second kappa shape index (κ2) is 6.33. The summed E-state index contributed by atoms with van der Waals surface area (Å²) in [6, 6.07) is 4.77. The average Bonchev–Trinajstić information content (AvgIpc) is 2.77. The molecule has 0 unspecified atom stereocenters. The van der Waals surface area contributed by atoms with Crippen LogP contribution in [0.15, 0.2) is 28.9 Å². The number of hydrogen-bond donors (Lipinski definition) is 1. The summed E-state index contributed by atoms with van der Waals surface area (Å²) in [6.45, 7) is -0.629. The maximum Gasteiger partial charge on any atom is 0.387 e. The second-order valence-corrected chi connectivity index (χ2v) is 4.84. The largest absolute Gasteiger partial charge is 0.467 e. The number of benzene rings is 1. The number of hydrogen-bond acceptors (Lipinski definition) is 3. The summed E-state index contributed by atoms with van der Waals surface area (Å²) in [5.74, 6) is 0.535. The Morgan fingerprint density at radius 2 is 1.95 bits per heavy atom. The third-order valence-electron chi connectivity index (χ3n) is 2.63. The molecule has 0 aliphatic heterocycles. The van der Waals surface area contributed by atoms with Crippen LogP contribution in [0.1, 0.15) is 11.3 Å². The Labute approximate surface area is 124 Å². The van der Waals surface area contributed by atoms with E-state index >= 15 is 0 Å². The van der Waals surface area contributed by atoms with Gasteiger partial charge in [0.05, 0.1) is 22.9 Å².